The SMILES string of the molecule is CC(c1c[nH]c2ccccc12)C(NC(=O)N1CCC(c2ccccc2)CC1)C(=O)Nc1nc(CN(C)C)cs1. The first-order chi connectivity index (χ1) is 18.9. The van der Waals surface area contributed by atoms with E-state index in [0.717, 1.165) is 35.0 Å². The van der Waals surface area contributed by atoms with Crippen LogP contribution < -0.4 is 10.6 Å². The van der Waals surface area contributed by atoms with E-state index >= 15 is 0 Å². The average Bonchev–Trinajstić information content (AvgIpc) is 3.58. The van der Waals surface area contributed by atoms with Crippen molar-refractivity contribution >= 4 is 39.3 Å². The Balaban J connectivity index is 1.32. The number of anilines is 1. The second-order valence-corrected chi connectivity index (χ2v) is 11.4. The quantitative estimate of drug-likeness (QED) is 0.277. The molecular formula is C30H36N6O2S. The lowest BCUT2D eigenvalue weighted by Crippen LogP contribution is -2.53. The maximum atomic E-state index is 13.7. The maximum absolute atomic E-state index is 13.7. The zero-order valence-corrected chi connectivity index (χ0v) is 23.5. The molecule has 3 heterocycles. The van der Waals surface area contributed by atoms with Gasteiger partial charge in [0.05, 0.1) is 5.69 Å². The molecule has 1 aliphatic rings. The summed E-state index contributed by atoms with van der Waals surface area (Å²) >= 11 is 1.40. The summed E-state index contributed by atoms with van der Waals surface area (Å²) in [5.74, 6) is -0.0972. The van der Waals surface area contributed by atoms with Crippen molar-refractivity contribution in [1.82, 2.24) is 25.1 Å². The molecule has 2 aromatic carbocycles. The van der Waals surface area contributed by atoms with Crippen LogP contribution in [0.2, 0.25) is 0 Å². The number of fused-ring (bicyclic) bond motifs is 1. The molecule has 1 fully saturated rings. The van der Waals surface area contributed by atoms with Gasteiger partial charge in [0.15, 0.2) is 5.13 Å². The number of thiazole rings is 1. The molecule has 2 atom stereocenters. The predicted molar refractivity (Wildman–Crippen MR) is 157 cm³/mol. The number of rotatable bonds is 8. The van der Waals surface area contributed by atoms with E-state index in [1.807, 2.05) is 72.7 Å². The molecule has 2 unspecified atom stereocenters. The number of aromatic amines is 1. The number of piperidine rings is 1. The van der Waals surface area contributed by atoms with Gasteiger partial charge in [-0.3, -0.25) is 4.79 Å². The van der Waals surface area contributed by atoms with E-state index in [9.17, 15) is 9.59 Å². The molecule has 2 aromatic heterocycles. The van der Waals surface area contributed by atoms with Crippen molar-refractivity contribution in [2.75, 3.05) is 32.5 Å². The smallest absolute Gasteiger partial charge is 0.318 e. The first-order valence-electron chi connectivity index (χ1n) is 13.5. The molecule has 1 saturated heterocycles. The van der Waals surface area contributed by atoms with Gasteiger partial charge in [-0.25, -0.2) is 9.78 Å². The Morgan fingerprint density at radius 2 is 1.82 bits per heavy atom. The van der Waals surface area contributed by atoms with Crippen LogP contribution in [-0.2, 0) is 11.3 Å². The molecule has 39 heavy (non-hydrogen) atoms. The molecule has 0 radical (unpaired) electrons. The summed E-state index contributed by atoms with van der Waals surface area (Å²) in [6.45, 7) is 3.99. The fourth-order valence-corrected chi connectivity index (χ4v) is 6.08. The number of nitrogens with zero attached hydrogens (tertiary/aromatic N) is 3. The summed E-state index contributed by atoms with van der Waals surface area (Å²) < 4.78 is 0. The Morgan fingerprint density at radius 1 is 1.10 bits per heavy atom. The van der Waals surface area contributed by atoms with Gasteiger partial charge in [0.25, 0.3) is 0 Å². The van der Waals surface area contributed by atoms with E-state index < -0.39 is 6.04 Å². The van der Waals surface area contributed by atoms with E-state index in [1.54, 1.807) is 0 Å². The number of benzene rings is 2. The van der Waals surface area contributed by atoms with Crippen LogP contribution in [-0.4, -0.2) is 64.9 Å². The third-order valence-electron chi connectivity index (χ3n) is 7.49. The minimum Gasteiger partial charge on any atom is -0.361 e. The lowest BCUT2D eigenvalue weighted by atomic mass is 9.89. The van der Waals surface area contributed by atoms with Gasteiger partial charge >= 0.3 is 6.03 Å². The molecule has 0 bridgehead atoms. The highest BCUT2D eigenvalue weighted by atomic mass is 32.1. The van der Waals surface area contributed by atoms with Crippen molar-refractivity contribution in [3.8, 4) is 0 Å². The zero-order valence-electron chi connectivity index (χ0n) is 22.7. The number of urea groups is 1. The number of nitrogens with one attached hydrogen (secondary N) is 3. The maximum Gasteiger partial charge on any atom is 0.318 e. The standard InChI is InChI=1S/C30H36N6O2S/c1-20(25-17-31-26-12-8-7-11-24(25)26)27(28(37)34-29-32-23(19-39-29)18-35(2)3)33-30(38)36-15-13-22(14-16-36)21-9-5-4-6-10-21/h4-12,17,19-20,22,27,31H,13-16,18H2,1-3H3,(H,33,38)(H,32,34,37). The summed E-state index contributed by atoms with van der Waals surface area (Å²) in [6.07, 6.45) is 3.74. The lowest BCUT2D eigenvalue weighted by Gasteiger charge is -2.34. The van der Waals surface area contributed by atoms with Crippen LogP contribution in [0.3, 0.4) is 0 Å². The van der Waals surface area contributed by atoms with E-state index in [1.165, 1.54) is 16.9 Å². The Kier molecular flexibility index (Phi) is 8.28. The lowest BCUT2D eigenvalue weighted by molar-refractivity contribution is -0.118. The summed E-state index contributed by atoms with van der Waals surface area (Å²) in [4.78, 5) is 38.9. The highest BCUT2D eigenvalue weighted by molar-refractivity contribution is 7.13. The summed E-state index contributed by atoms with van der Waals surface area (Å²) in [7, 11) is 3.96. The van der Waals surface area contributed by atoms with Crippen molar-refractivity contribution in [1.29, 1.82) is 0 Å². The molecule has 0 spiro atoms. The van der Waals surface area contributed by atoms with Crippen molar-refractivity contribution in [2.45, 2.75) is 44.2 Å². The van der Waals surface area contributed by atoms with Gasteiger partial charge in [-0.2, -0.15) is 0 Å². The van der Waals surface area contributed by atoms with Crippen LogP contribution in [0.15, 0.2) is 66.2 Å². The summed E-state index contributed by atoms with van der Waals surface area (Å²) in [6, 6.07) is 17.5. The second-order valence-electron chi connectivity index (χ2n) is 10.5. The van der Waals surface area contributed by atoms with E-state index in [4.69, 9.17) is 0 Å². The van der Waals surface area contributed by atoms with Gasteiger partial charge in [0, 0.05) is 48.0 Å². The molecule has 3 amide bonds. The highest BCUT2D eigenvalue weighted by Gasteiger charge is 2.33. The number of carbonyl (C=O) groups excluding carboxylic acids is 2. The molecule has 8 nitrogen and oxygen atoms in total. The third-order valence-corrected chi connectivity index (χ3v) is 8.29. The monoisotopic (exact) mass is 544 g/mol. The number of aromatic nitrogens is 2. The van der Waals surface area contributed by atoms with Gasteiger partial charge < -0.3 is 25.4 Å². The van der Waals surface area contributed by atoms with E-state index in [-0.39, 0.29) is 17.9 Å². The number of hydrogen-bond donors (Lipinski definition) is 3. The molecular weight excluding hydrogens is 508 g/mol. The van der Waals surface area contributed by atoms with Gasteiger partial charge in [0.1, 0.15) is 6.04 Å². The fourth-order valence-electron chi connectivity index (χ4n) is 5.38. The number of amides is 3. The largest absolute Gasteiger partial charge is 0.361 e. The van der Waals surface area contributed by atoms with Gasteiger partial charge in [0.2, 0.25) is 5.91 Å². The van der Waals surface area contributed by atoms with Crippen molar-refractivity contribution < 1.29 is 9.59 Å². The Bertz CT molecular complexity index is 1410. The Labute approximate surface area is 233 Å². The molecule has 4 aromatic rings. The topological polar surface area (TPSA) is 93.4 Å². The zero-order chi connectivity index (χ0) is 27.4. The van der Waals surface area contributed by atoms with Gasteiger partial charge in [-0.15, -0.1) is 11.3 Å². The molecule has 204 valence electrons. The summed E-state index contributed by atoms with van der Waals surface area (Å²) in [5, 5.41) is 9.58. The number of hydrogen-bond acceptors (Lipinski definition) is 5. The first kappa shape index (κ1) is 26.9. The van der Waals surface area contributed by atoms with Crippen LogP contribution >= 0.6 is 11.3 Å². The van der Waals surface area contributed by atoms with Crippen molar-refractivity contribution in [3.05, 3.63) is 83.0 Å². The van der Waals surface area contributed by atoms with Gasteiger partial charge in [-0.1, -0.05) is 55.5 Å². The number of para-hydroxylation sites is 1. The van der Waals surface area contributed by atoms with Crippen LogP contribution in [0, 0.1) is 0 Å². The molecule has 3 N–H and O–H groups in total. The fraction of sp³-hybridized carbons (Fsp3) is 0.367. The van der Waals surface area contributed by atoms with Crippen LogP contribution in [0.4, 0.5) is 9.93 Å². The molecule has 1 aliphatic heterocycles. The van der Waals surface area contributed by atoms with Crippen molar-refractivity contribution in [2.24, 2.45) is 0 Å². The Morgan fingerprint density at radius 3 is 2.56 bits per heavy atom. The van der Waals surface area contributed by atoms with Crippen LogP contribution in [0.25, 0.3) is 10.9 Å². The predicted octanol–water partition coefficient (Wildman–Crippen LogP) is 5.39. The molecule has 9 heteroatoms. The van der Waals surface area contributed by atoms with Crippen LogP contribution in [0.1, 0.15) is 48.4 Å². The van der Waals surface area contributed by atoms with Crippen molar-refractivity contribution in [3.63, 3.8) is 0 Å². The third kappa shape index (κ3) is 6.32. The number of H-pyrrole nitrogens is 1. The number of likely N-dealkylation sites (tertiary alicyclic amines) is 1. The molecule has 0 saturated carbocycles. The van der Waals surface area contributed by atoms with Gasteiger partial charge in [-0.05, 0) is 50.0 Å². The molecule has 0 aliphatic carbocycles. The second kappa shape index (κ2) is 12.0. The van der Waals surface area contributed by atoms with E-state index in [0.29, 0.717) is 30.7 Å². The average molecular weight is 545 g/mol. The van der Waals surface area contributed by atoms with E-state index in [2.05, 4.69) is 44.9 Å². The number of carbonyl (C=O) groups is 2. The Hall–Kier alpha value is -3.69. The molecule has 5 rings (SSSR count). The minimum atomic E-state index is -0.773. The van der Waals surface area contributed by atoms with Crippen LogP contribution in [0.5, 0.6) is 0 Å². The minimum absolute atomic E-state index is 0.208. The summed E-state index contributed by atoms with van der Waals surface area (Å²) in [5.41, 5.74) is 4.20. The first-order valence-corrected chi connectivity index (χ1v) is 14.3. The highest BCUT2D eigenvalue weighted by Crippen LogP contribution is 2.30. The normalized spacial score (nSPS) is 15.8.